The summed E-state index contributed by atoms with van der Waals surface area (Å²) in [5.74, 6) is -0.0444. The molecule has 2 heterocycles. The van der Waals surface area contributed by atoms with Gasteiger partial charge in [0.1, 0.15) is 5.58 Å². The molecule has 7 heteroatoms. The molecular weight excluding hydrogens is 346 g/mol. The Balaban J connectivity index is 1.79. The molecule has 0 aliphatic carbocycles. The van der Waals surface area contributed by atoms with Crippen LogP contribution in [0.4, 0.5) is 0 Å². The second-order valence-electron chi connectivity index (χ2n) is 4.87. The summed E-state index contributed by atoms with van der Waals surface area (Å²) in [6.45, 7) is 0. The molecule has 0 unspecified atom stereocenters. The Labute approximate surface area is 124 Å². The van der Waals surface area contributed by atoms with E-state index in [9.17, 15) is 13.2 Å². The molecule has 20 heavy (non-hydrogen) atoms. The first-order valence-corrected chi connectivity index (χ1v) is 8.75. The Morgan fingerprint density at radius 2 is 2.15 bits per heavy atom. The van der Waals surface area contributed by atoms with E-state index in [2.05, 4.69) is 21.2 Å². The van der Waals surface area contributed by atoms with Gasteiger partial charge in [-0.1, -0.05) is 15.9 Å². The molecule has 0 radical (unpaired) electrons. The predicted molar refractivity (Wildman–Crippen MR) is 78.4 cm³/mol. The van der Waals surface area contributed by atoms with Gasteiger partial charge in [-0.15, -0.1) is 0 Å². The molecule has 0 spiro atoms. The Bertz CT molecular complexity index is 781. The minimum atomic E-state index is -3.01. The van der Waals surface area contributed by atoms with E-state index in [1.807, 2.05) is 12.1 Å². The molecule has 106 valence electrons. The smallest absolute Gasteiger partial charge is 0.287 e. The normalized spacial score (nSPS) is 21.1. The van der Waals surface area contributed by atoms with Crippen molar-refractivity contribution in [2.45, 2.75) is 12.5 Å². The molecule has 1 N–H and O–H groups in total. The summed E-state index contributed by atoms with van der Waals surface area (Å²) in [6, 6.07) is 6.79. The second-order valence-corrected chi connectivity index (χ2v) is 8.01. The van der Waals surface area contributed by atoms with Crippen molar-refractivity contribution in [3.05, 3.63) is 34.5 Å². The van der Waals surface area contributed by atoms with Crippen LogP contribution in [0.5, 0.6) is 0 Å². The van der Waals surface area contributed by atoms with E-state index >= 15 is 0 Å². The lowest BCUT2D eigenvalue weighted by atomic mass is 10.2. The Morgan fingerprint density at radius 1 is 1.35 bits per heavy atom. The average molecular weight is 358 g/mol. The van der Waals surface area contributed by atoms with Crippen LogP contribution in [-0.4, -0.2) is 31.9 Å². The molecule has 1 fully saturated rings. The van der Waals surface area contributed by atoms with Crippen LogP contribution in [0.25, 0.3) is 11.0 Å². The largest absolute Gasteiger partial charge is 0.451 e. The van der Waals surface area contributed by atoms with E-state index < -0.39 is 9.84 Å². The van der Waals surface area contributed by atoms with E-state index in [-0.39, 0.29) is 29.2 Å². The number of hydrogen-bond acceptors (Lipinski definition) is 4. The fourth-order valence-electron chi connectivity index (χ4n) is 2.29. The monoisotopic (exact) mass is 357 g/mol. The van der Waals surface area contributed by atoms with Crippen molar-refractivity contribution in [1.82, 2.24) is 5.32 Å². The molecule has 1 aliphatic rings. The molecule has 5 nitrogen and oxygen atoms in total. The van der Waals surface area contributed by atoms with Crippen LogP contribution in [0.2, 0.25) is 0 Å². The third-order valence-electron chi connectivity index (χ3n) is 3.27. The van der Waals surface area contributed by atoms with Crippen LogP contribution < -0.4 is 5.32 Å². The minimum Gasteiger partial charge on any atom is -0.451 e. The standard InChI is InChI=1S/C13H12BrNO4S/c14-9-1-2-11-8(5-9)6-12(19-11)13(16)15-10-3-4-20(17,18)7-10/h1-2,5-6,10H,3-4,7H2,(H,15,16)/t10-/m1/s1. The zero-order chi connectivity index (χ0) is 14.3. The highest BCUT2D eigenvalue weighted by Gasteiger charge is 2.29. The molecule has 0 bridgehead atoms. The van der Waals surface area contributed by atoms with E-state index in [0.29, 0.717) is 12.0 Å². The molecule has 1 aromatic carbocycles. The SMILES string of the molecule is O=C(N[C@@H]1CCS(=O)(=O)C1)c1cc2cc(Br)ccc2o1. The molecule has 1 amide bonds. The first-order valence-electron chi connectivity index (χ1n) is 6.13. The van der Waals surface area contributed by atoms with Crippen molar-refractivity contribution in [1.29, 1.82) is 0 Å². The Kier molecular flexibility index (Phi) is 3.33. The van der Waals surface area contributed by atoms with E-state index in [0.717, 1.165) is 9.86 Å². The molecule has 1 aliphatic heterocycles. The van der Waals surface area contributed by atoms with Crippen molar-refractivity contribution in [3.63, 3.8) is 0 Å². The van der Waals surface area contributed by atoms with Crippen molar-refractivity contribution in [3.8, 4) is 0 Å². The molecule has 1 aromatic heterocycles. The highest BCUT2D eigenvalue weighted by Crippen LogP contribution is 2.23. The predicted octanol–water partition coefficient (Wildman–Crippen LogP) is 2.11. The number of carbonyl (C=O) groups is 1. The van der Waals surface area contributed by atoms with Crippen molar-refractivity contribution in [2.75, 3.05) is 11.5 Å². The lowest BCUT2D eigenvalue weighted by Gasteiger charge is -2.08. The molecule has 0 saturated carbocycles. The number of furan rings is 1. The highest BCUT2D eigenvalue weighted by atomic mass is 79.9. The summed E-state index contributed by atoms with van der Waals surface area (Å²) in [5.41, 5.74) is 0.623. The summed E-state index contributed by atoms with van der Waals surface area (Å²) in [6.07, 6.45) is 0.458. The maximum atomic E-state index is 12.1. The number of carbonyl (C=O) groups excluding carboxylic acids is 1. The summed E-state index contributed by atoms with van der Waals surface area (Å²) in [4.78, 5) is 12.1. The Morgan fingerprint density at radius 3 is 2.85 bits per heavy atom. The number of benzene rings is 1. The lowest BCUT2D eigenvalue weighted by molar-refractivity contribution is 0.0915. The quantitative estimate of drug-likeness (QED) is 0.892. The number of hydrogen-bond donors (Lipinski definition) is 1. The van der Waals surface area contributed by atoms with Gasteiger partial charge < -0.3 is 9.73 Å². The number of halogens is 1. The van der Waals surface area contributed by atoms with E-state index in [1.54, 1.807) is 12.1 Å². The molecular formula is C13H12BrNO4S. The topological polar surface area (TPSA) is 76.4 Å². The number of rotatable bonds is 2. The van der Waals surface area contributed by atoms with Crippen LogP contribution in [0.15, 0.2) is 33.2 Å². The van der Waals surface area contributed by atoms with E-state index in [1.165, 1.54) is 0 Å². The minimum absolute atomic E-state index is 0.00448. The number of fused-ring (bicyclic) bond motifs is 1. The summed E-state index contributed by atoms with van der Waals surface area (Å²) in [5, 5.41) is 3.53. The van der Waals surface area contributed by atoms with Crippen molar-refractivity contribution < 1.29 is 17.6 Å². The summed E-state index contributed by atoms with van der Waals surface area (Å²) in [7, 11) is -3.01. The van der Waals surface area contributed by atoms with E-state index in [4.69, 9.17) is 4.42 Å². The molecule has 2 aromatic rings. The van der Waals surface area contributed by atoms with Gasteiger partial charge in [0, 0.05) is 15.9 Å². The van der Waals surface area contributed by atoms with Gasteiger partial charge in [-0.2, -0.15) is 0 Å². The summed E-state index contributed by atoms with van der Waals surface area (Å²) < 4.78 is 29.1. The zero-order valence-electron chi connectivity index (χ0n) is 10.4. The molecule has 1 saturated heterocycles. The van der Waals surface area contributed by atoms with Crippen molar-refractivity contribution in [2.24, 2.45) is 0 Å². The number of amides is 1. The second kappa shape index (κ2) is 4.89. The van der Waals surface area contributed by atoms with Gasteiger partial charge in [0.15, 0.2) is 15.6 Å². The van der Waals surface area contributed by atoms with Gasteiger partial charge in [0.2, 0.25) is 0 Å². The fourth-order valence-corrected chi connectivity index (χ4v) is 4.34. The third-order valence-corrected chi connectivity index (χ3v) is 5.53. The van der Waals surface area contributed by atoms with Crippen molar-refractivity contribution >= 4 is 42.6 Å². The van der Waals surface area contributed by atoms with Gasteiger partial charge in [-0.25, -0.2) is 8.42 Å². The van der Waals surface area contributed by atoms with Crippen LogP contribution in [0.1, 0.15) is 17.0 Å². The highest BCUT2D eigenvalue weighted by molar-refractivity contribution is 9.10. The number of sulfone groups is 1. The number of nitrogens with one attached hydrogen (secondary N) is 1. The van der Waals surface area contributed by atoms with Gasteiger partial charge >= 0.3 is 0 Å². The van der Waals surface area contributed by atoms with Crippen LogP contribution in [0.3, 0.4) is 0 Å². The first-order chi connectivity index (χ1) is 9.43. The Hall–Kier alpha value is -1.34. The average Bonchev–Trinajstić information content (AvgIpc) is 2.92. The van der Waals surface area contributed by atoms with Gasteiger partial charge in [-0.05, 0) is 30.7 Å². The lowest BCUT2D eigenvalue weighted by Crippen LogP contribution is -2.35. The van der Waals surface area contributed by atoms with Gasteiger partial charge in [0.05, 0.1) is 11.5 Å². The van der Waals surface area contributed by atoms with Gasteiger partial charge in [-0.3, -0.25) is 4.79 Å². The van der Waals surface area contributed by atoms with Crippen LogP contribution >= 0.6 is 15.9 Å². The fraction of sp³-hybridized carbons (Fsp3) is 0.308. The van der Waals surface area contributed by atoms with Gasteiger partial charge in [0.25, 0.3) is 5.91 Å². The maximum absolute atomic E-state index is 12.1. The van der Waals surface area contributed by atoms with Crippen LogP contribution in [0, 0.1) is 0 Å². The molecule has 3 rings (SSSR count). The summed E-state index contributed by atoms with van der Waals surface area (Å²) >= 11 is 3.35. The maximum Gasteiger partial charge on any atom is 0.287 e. The van der Waals surface area contributed by atoms with Crippen LogP contribution in [-0.2, 0) is 9.84 Å². The third kappa shape index (κ3) is 2.73. The zero-order valence-corrected chi connectivity index (χ0v) is 12.8. The first kappa shape index (κ1) is 13.6. The molecule has 1 atom stereocenters.